The SMILES string of the molecule is Fc1cccc(-c2ncc(I)cc2F)c1. The number of halogens is 3. The van der Waals surface area contributed by atoms with Gasteiger partial charge in [0.1, 0.15) is 11.5 Å². The Hall–Kier alpha value is -1.04. The lowest BCUT2D eigenvalue weighted by molar-refractivity contribution is 0.620. The molecule has 0 bridgehead atoms. The van der Waals surface area contributed by atoms with E-state index in [2.05, 4.69) is 4.98 Å². The lowest BCUT2D eigenvalue weighted by atomic mass is 10.1. The fraction of sp³-hybridized carbons (Fsp3) is 0. The number of aromatic nitrogens is 1. The van der Waals surface area contributed by atoms with Crippen LogP contribution in [0.4, 0.5) is 8.78 Å². The molecule has 0 amide bonds. The topological polar surface area (TPSA) is 12.9 Å². The third kappa shape index (κ3) is 2.31. The molecule has 4 heteroatoms. The minimum absolute atomic E-state index is 0.176. The summed E-state index contributed by atoms with van der Waals surface area (Å²) in [6, 6.07) is 7.10. The average Bonchev–Trinajstić information content (AvgIpc) is 2.17. The molecule has 0 aliphatic carbocycles. The zero-order chi connectivity index (χ0) is 10.8. The van der Waals surface area contributed by atoms with Gasteiger partial charge in [-0.2, -0.15) is 0 Å². The van der Waals surface area contributed by atoms with Crippen LogP contribution >= 0.6 is 22.6 Å². The second-order valence-corrected chi connectivity index (χ2v) is 4.24. The maximum atomic E-state index is 13.5. The molecule has 0 unspecified atom stereocenters. The Bertz CT molecular complexity index is 500. The molecule has 0 radical (unpaired) electrons. The molecule has 2 aromatic rings. The molecule has 0 saturated heterocycles. The van der Waals surface area contributed by atoms with Crippen LogP contribution in [0.2, 0.25) is 0 Å². The van der Waals surface area contributed by atoms with Crippen molar-refractivity contribution in [3.8, 4) is 11.3 Å². The van der Waals surface area contributed by atoms with Crippen LogP contribution in [0.25, 0.3) is 11.3 Å². The maximum Gasteiger partial charge on any atom is 0.150 e. The summed E-state index contributed by atoms with van der Waals surface area (Å²) in [5.74, 6) is -0.834. The molecule has 0 fully saturated rings. The number of benzene rings is 1. The van der Waals surface area contributed by atoms with Crippen molar-refractivity contribution in [1.82, 2.24) is 4.98 Å². The number of pyridine rings is 1. The van der Waals surface area contributed by atoms with Crippen LogP contribution in [-0.4, -0.2) is 4.98 Å². The number of rotatable bonds is 1. The zero-order valence-corrected chi connectivity index (χ0v) is 9.70. The summed E-state index contributed by atoms with van der Waals surface area (Å²) < 4.78 is 27.1. The maximum absolute atomic E-state index is 13.5. The summed E-state index contributed by atoms with van der Waals surface area (Å²) in [5, 5.41) is 0. The fourth-order valence-electron chi connectivity index (χ4n) is 1.26. The van der Waals surface area contributed by atoms with Gasteiger partial charge in [0.15, 0.2) is 5.82 Å². The largest absolute Gasteiger partial charge is 0.252 e. The van der Waals surface area contributed by atoms with Crippen LogP contribution in [0.15, 0.2) is 36.5 Å². The molecular formula is C11H6F2IN. The summed E-state index contributed by atoms with van der Waals surface area (Å²) in [6.07, 6.45) is 1.55. The van der Waals surface area contributed by atoms with Crippen LogP contribution in [-0.2, 0) is 0 Å². The van der Waals surface area contributed by atoms with E-state index in [1.54, 1.807) is 12.3 Å². The number of hydrogen-bond acceptors (Lipinski definition) is 1. The summed E-state index contributed by atoms with van der Waals surface area (Å²) >= 11 is 1.97. The first-order valence-electron chi connectivity index (χ1n) is 4.24. The predicted molar refractivity (Wildman–Crippen MR) is 62.3 cm³/mol. The first kappa shape index (κ1) is 10.5. The van der Waals surface area contributed by atoms with Crippen molar-refractivity contribution in [1.29, 1.82) is 0 Å². The second kappa shape index (κ2) is 4.22. The molecule has 1 nitrogen and oxygen atoms in total. The van der Waals surface area contributed by atoms with Crippen molar-refractivity contribution < 1.29 is 8.78 Å². The molecule has 0 atom stereocenters. The van der Waals surface area contributed by atoms with Gasteiger partial charge < -0.3 is 0 Å². The van der Waals surface area contributed by atoms with Crippen LogP contribution in [0.1, 0.15) is 0 Å². The van der Waals surface area contributed by atoms with Crippen molar-refractivity contribution >= 4 is 22.6 Å². The van der Waals surface area contributed by atoms with Gasteiger partial charge in [-0.1, -0.05) is 12.1 Å². The molecule has 1 aromatic heterocycles. The van der Waals surface area contributed by atoms with Gasteiger partial charge >= 0.3 is 0 Å². The predicted octanol–water partition coefficient (Wildman–Crippen LogP) is 3.63. The molecule has 1 aromatic carbocycles. The van der Waals surface area contributed by atoms with E-state index in [0.29, 0.717) is 9.13 Å². The second-order valence-electron chi connectivity index (χ2n) is 2.99. The van der Waals surface area contributed by atoms with Crippen LogP contribution < -0.4 is 0 Å². The standard InChI is InChI=1S/C11H6F2IN/c12-8-3-1-2-7(4-8)11-10(13)5-9(14)6-15-11/h1-6H. The Kier molecular flexibility index (Phi) is 2.95. The lowest BCUT2D eigenvalue weighted by Gasteiger charge is -2.02. The quantitative estimate of drug-likeness (QED) is 0.732. The molecule has 0 spiro atoms. The van der Waals surface area contributed by atoms with E-state index >= 15 is 0 Å². The van der Waals surface area contributed by atoms with E-state index in [1.807, 2.05) is 22.6 Å². The van der Waals surface area contributed by atoms with Crippen LogP contribution in [0, 0.1) is 15.2 Å². The lowest BCUT2D eigenvalue weighted by Crippen LogP contribution is -1.90. The number of nitrogens with zero attached hydrogens (tertiary/aromatic N) is 1. The highest BCUT2D eigenvalue weighted by Gasteiger charge is 2.07. The molecule has 1 heterocycles. The van der Waals surface area contributed by atoms with Gasteiger partial charge in [0, 0.05) is 15.3 Å². The molecule has 15 heavy (non-hydrogen) atoms. The van der Waals surface area contributed by atoms with E-state index in [-0.39, 0.29) is 5.69 Å². The zero-order valence-electron chi connectivity index (χ0n) is 7.55. The van der Waals surface area contributed by atoms with Gasteiger partial charge in [-0.3, -0.25) is 4.98 Å². The first-order chi connectivity index (χ1) is 7.16. The van der Waals surface area contributed by atoms with E-state index in [1.165, 1.54) is 24.3 Å². The normalized spacial score (nSPS) is 10.3. The van der Waals surface area contributed by atoms with Gasteiger partial charge in [0.2, 0.25) is 0 Å². The van der Waals surface area contributed by atoms with Gasteiger partial charge in [-0.25, -0.2) is 8.78 Å². The highest BCUT2D eigenvalue weighted by Crippen LogP contribution is 2.21. The van der Waals surface area contributed by atoms with Gasteiger partial charge in [0.05, 0.1) is 0 Å². The van der Waals surface area contributed by atoms with Crippen molar-refractivity contribution in [2.75, 3.05) is 0 Å². The monoisotopic (exact) mass is 317 g/mol. The van der Waals surface area contributed by atoms with Gasteiger partial charge in [-0.15, -0.1) is 0 Å². The average molecular weight is 317 g/mol. The summed E-state index contributed by atoms with van der Waals surface area (Å²) in [5.41, 5.74) is 0.624. The molecule has 0 saturated carbocycles. The van der Waals surface area contributed by atoms with Gasteiger partial charge in [-0.05, 0) is 40.8 Å². The first-order valence-corrected chi connectivity index (χ1v) is 5.31. The van der Waals surface area contributed by atoms with E-state index in [4.69, 9.17) is 0 Å². The van der Waals surface area contributed by atoms with E-state index < -0.39 is 11.6 Å². The van der Waals surface area contributed by atoms with Crippen LogP contribution in [0.5, 0.6) is 0 Å². The minimum Gasteiger partial charge on any atom is -0.252 e. The molecule has 0 aliphatic rings. The van der Waals surface area contributed by atoms with Crippen molar-refractivity contribution in [3.05, 3.63) is 51.7 Å². The molecular weight excluding hydrogens is 311 g/mol. The van der Waals surface area contributed by atoms with Crippen molar-refractivity contribution in [2.45, 2.75) is 0 Å². The van der Waals surface area contributed by atoms with Gasteiger partial charge in [0.25, 0.3) is 0 Å². The molecule has 0 aliphatic heterocycles. The molecule has 76 valence electrons. The summed E-state index contributed by atoms with van der Waals surface area (Å²) in [7, 11) is 0. The minimum atomic E-state index is -0.437. The summed E-state index contributed by atoms with van der Waals surface area (Å²) in [4.78, 5) is 3.94. The van der Waals surface area contributed by atoms with E-state index in [0.717, 1.165) is 0 Å². The smallest absolute Gasteiger partial charge is 0.150 e. The third-order valence-corrected chi connectivity index (χ3v) is 2.50. The van der Waals surface area contributed by atoms with Crippen molar-refractivity contribution in [2.24, 2.45) is 0 Å². The van der Waals surface area contributed by atoms with Crippen molar-refractivity contribution in [3.63, 3.8) is 0 Å². The Balaban J connectivity index is 2.54. The summed E-state index contributed by atoms with van der Waals surface area (Å²) in [6.45, 7) is 0. The number of hydrogen-bond donors (Lipinski definition) is 0. The molecule has 0 N–H and O–H groups in total. The highest BCUT2D eigenvalue weighted by molar-refractivity contribution is 14.1. The Morgan fingerprint density at radius 1 is 1.13 bits per heavy atom. The van der Waals surface area contributed by atoms with E-state index in [9.17, 15) is 8.78 Å². The Morgan fingerprint density at radius 3 is 2.60 bits per heavy atom. The molecule has 2 rings (SSSR count). The fourth-order valence-corrected chi connectivity index (χ4v) is 1.68. The third-order valence-electron chi connectivity index (χ3n) is 1.91. The highest BCUT2D eigenvalue weighted by atomic mass is 127. The Labute approximate surface area is 99.3 Å². The Morgan fingerprint density at radius 2 is 1.93 bits per heavy atom. The van der Waals surface area contributed by atoms with Crippen LogP contribution in [0.3, 0.4) is 0 Å².